The average molecular weight is 507 g/mol. The average Bonchev–Trinajstić information content (AvgIpc) is 3.10. The van der Waals surface area contributed by atoms with Gasteiger partial charge >= 0.3 is 5.97 Å². The van der Waals surface area contributed by atoms with E-state index in [1.165, 1.54) is 0 Å². The number of carbonyl (C=O) groups excluding carboxylic acids is 2. The highest BCUT2D eigenvalue weighted by atomic mass is 35.5. The molecule has 9 heteroatoms. The van der Waals surface area contributed by atoms with E-state index in [1.54, 1.807) is 48.5 Å². The van der Waals surface area contributed by atoms with Crippen molar-refractivity contribution < 1.29 is 19.1 Å². The van der Waals surface area contributed by atoms with Gasteiger partial charge in [-0.3, -0.25) is 4.79 Å². The molecule has 5 nitrogen and oxygen atoms in total. The van der Waals surface area contributed by atoms with Crippen LogP contribution in [-0.2, 0) is 9.53 Å². The molecule has 0 atom stereocenters. The maximum Gasteiger partial charge on any atom is 0.350 e. The predicted molar refractivity (Wildman–Crippen MR) is 129 cm³/mol. The lowest BCUT2D eigenvalue weighted by atomic mass is 10.2. The van der Waals surface area contributed by atoms with Gasteiger partial charge in [0.15, 0.2) is 12.4 Å². The van der Waals surface area contributed by atoms with Crippen LogP contribution >= 0.6 is 46.1 Å². The van der Waals surface area contributed by atoms with Crippen LogP contribution in [0.5, 0.6) is 11.5 Å². The molecule has 0 fully saturated rings. The van der Waals surface area contributed by atoms with Crippen LogP contribution < -0.4 is 10.1 Å². The third kappa shape index (κ3) is 5.00. The molecule has 0 saturated carbocycles. The van der Waals surface area contributed by atoms with Crippen LogP contribution in [0.15, 0.2) is 66.7 Å². The number of amides is 1. The zero-order valence-electron chi connectivity index (χ0n) is 16.2. The fraction of sp³-hybridized carbons (Fsp3) is 0.0435. The second kappa shape index (κ2) is 9.79. The molecule has 0 aliphatic rings. The lowest BCUT2D eigenvalue weighted by Crippen LogP contribution is -2.21. The third-order valence-electron chi connectivity index (χ3n) is 4.30. The molecule has 3 aromatic carbocycles. The van der Waals surface area contributed by atoms with Crippen LogP contribution in [0, 0.1) is 0 Å². The van der Waals surface area contributed by atoms with Gasteiger partial charge in [0.2, 0.25) is 0 Å². The molecule has 1 N–H and O–H groups in total. The van der Waals surface area contributed by atoms with E-state index in [0.717, 1.165) is 11.3 Å². The van der Waals surface area contributed by atoms with Crippen molar-refractivity contribution in [3.05, 3.63) is 86.7 Å². The van der Waals surface area contributed by atoms with Gasteiger partial charge in [-0.2, -0.15) is 0 Å². The van der Waals surface area contributed by atoms with Gasteiger partial charge in [0.1, 0.15) is 10.6 Å². The molecule has 1 heterocycles. The van der Waals surface area contributed by atoms with Gasteiger partial charge in [-0.25, -0.2) is 4.79 Å². The van der Waals surface area contributed by atoms with Crippen LogP contribution in [0.3, 0.4) is 0 Å². The van der Waals surface area contributed by atoms with E-state index in [2.05, 4.69) is 5.32 Å². The Labute approximate surface area is 202 Å². The predicted octanol–water partition coefficient (Wildman–Crippen LogP) is 7.45. The highest BCUT2D eigenvalue weighted by Gasteiger charge is 2.22. The molecule has 0 bridgehead atoms. The summed E-state index contributed by atoms with van der Waals surface area (Å²) >= 11 is 19.6. The Morgan fingerprint density at radius 2 is 1.66 bits per heavy atom. The second-order valence-electron chi connectivity index (χ2n) is 6.54. The number of carbonyl (C=O) groups is 2. The Hall–Kier alpha value is -2.77. The monoisotopic (exact) mass is 505 g/mol. The summed E-state index contributed by atoms with van der Waals surface area (Å²) in [6.07, 6.45) is 0. The first-order chi connectivity index (χ1) is 15.4. The summed E-state index contributed by atoms with van der Waals surface area (Å²) in [6.45, 7) is -0.502. The zero-order chi connectivity index (χ0) is 22.7. The summed E-state index contributed by atoms with van der Waals surface area (Å²) in [7, 11) is 0. The van der Waals surface area contributed by atoms with Crippen molar-refractivity contribution in [2.75, 3.05) is 11.9 Å². The molecule has 0 aliphatic heterocycles. The molecule has 0 radical (unpaired) electrons. The number of anilines is 1. The highest BCUT2D eigenvalue weighted by molar-refractivity contribution is 7.21. The normalized spacial score (nSPS) is 10.7. The Bertz CT molecular complexity index is 1310. The van der Waals surface area contributed by atoms with E-state index in [0.29, 0.717) is 37.3 Å². The Kier molecular flexibility index (Phi) is 6.86. The number of thiophene rings is 1. The summed E-state index contributed by atoms with van der Waals surface area (Å²) in [6, 6.07) is 19.3. The molecule has 1 aromatic heterocycles. The van der Waals surface area contributed by atoms with Gasteiger partial charge in [0.05, 0.1) is 15.7 Å². The lowest BCUT2D eigenvalue weighted by molar-refractivity contribution is -0.119. The van der Waals surface area contributed by atoms with Crippen molar-refractivity contribution in [3.8, 4) is 11.5 Å². The van der Waals surface area contributed by atoms with Gasteiger partial charge in [-0.05, 0) is 36.4 Å². The number of halogens is 3. The quantitative estimate of drug-likeness (QED) is 0.276. The number of rotatable bonds is 6. The van der Waals surface area contributed by atoms with Crippen LogP contribution in [0.1, 0.15) is 9.67 Å². The third-order valence-corrected chi connectivity index (χ3v) is 6.42. The van der Waals surface area contributed by atoms with Gasteiger partial charge in [-0.1, -0.05) is 65.1 Å². The first-order valence-corrected chi connectivity index (χ1v) is 11.2. The number of nitrogens with one attached hydrogen (secondary N) is 1. The maximum absolute atomic E-state index is 12.5. The Morgan fingerprint density at radius 3 is 2.44 bits per heavy atom. The summed E-state index contributed by atoms with van der Waals surface area (Å²) in [5.74, 6) is -0.177. The van der Waals surface area contributed by atoms with Crippen molar-refractivity contribution in [1.82, 2.24) is 0 Å². The van der Waals surface area contributed by atoms with Gasteiger partial charge < -0.3 is 14.8 Å². The zero-order valence-corrected chi connectivity index (χ0v) is 19.3. The maximum atomic E-state index is 12.5. The minimum Gasteiger partial charge on any atom is -0.455 e. The molecule has 4 aromatic rings. The Morgan fingerprint density at radius 1 is 0.938 bits per heavy atom. The molecule has 0 unspecified atom stereocenters. The molecule has 0 aliphatic carbocycles. The van der Waals surface area contributed by atoms with E-state index >= 15 is 0 Å². The molecule has 162 valence electrons. The summed E-state index contributed by atoms with van der Waals surface area (Å²) in [5.41, 5.74) is 0.443. The molecule has 0 saturated heterocycles. The summed E-state index contributed by atoms with van der Waals surface area (Å²) < 4.78 is 11.6. The van der Waals surface area contributed by atoms with Crippen LogP contribution in [0.25, 0.3) is 10.1 Å². The molecule has 1 amide bonds. The fourth-order valence-electron chi connectivity index (χ4n) is 2.90. The number of hydrogen-bond donors (Lipinski definition) is 1. The first-order valence-electron chi connectivity index (χ1n) is 9.28. The van der Waals surface area contributed by atoms with E-state index in [9.17, 15) is 9.59 Å². The first kappa shape index (κ1) is 22.4. The van der Waals surface area contributed by atoms with Gasteiger partial charge in [0.25, 0.3) is 5.91 Å². The van der Waals surface area contributed by atoms with E-state index < -0.39 is 18.5 Å². The van der Waals surface area contributed by atoms with Crippen molar-refractivity contribution in [2.45, 2.75) is 0 Å². The summed E-state index contributed by atoms with van der Waals surface area (Å²) in [5, 5.41) is 4.13. The number of hydrogen-bond acceptors (Lipinski definition) is 5. The number of esters is 1. The van der Waals surface area contributed by atoms with E-state index in [4.69, 9.17) is 44.3 Å². The van der Waals surface area contributed by atoms with Crippen LogP contribution in [0.2, 0.25) is 15.1 Å². The molecular formula is C23H14Cl3NO4S. The standard InChI is InChI=1S/C23H14Cl3NO4S/c24-13-10-15(25)20-18(11-13)32-22(21(20)26)23(29)30-12-19(28)27-16-8-4-5-9-17(16)31-14-6-2-1-3-7-14/h1-11H,12H2,(H,27,28). The number of fused-ring (bicyclic) bond motifs is 1. The molecule has 4 rings (SSSR count). The highest BCUT2D eigenvalue weighted by Crippen LogP contribution is 2.41. The lowest BCUT2D eigenvalue weighted by Gasteiger charge is -2.12. The number of para-hydroxylation sites is 3. The van der Waals surface area contributed by atoms with Crippen molar-refractivity contribution >= 4 is 73.8 Å². The second-order valence-corrected chi connectivity index (χ2v) is 8.82. The topological polar surface area (TPSA) is 64.6 Å². The fourth-order valence-corrected chi connectivity index (χ4v) is 5.16. The minimum absolute atomic E-state index is 0.145. The molecule has 0 spiro atoms. The number of benzene rings is 3. The van der Waals surface area contributed by atoms with Gasteiger partial charge in [-0.15, -0.1) is 11.3 Å². The van der Waals surface area contributed by atoms with Crippen LogP contribution in [0.4, 0.5) is 5.69 Å². The SMILES string of the molecule is O=C(COC(=O)c1sc2cc(Cl)cc(Cl)c2c1Cl)Nc1ccccc1Oc1ccccc1. The van der Waals surface area contributed by atoms with Crippen molar-refractivity contribution in [2.24, 2.45) is 0 Å². The smallest absolute Gasteiger partial charge is 0.350 e. The van der Waals surface area contributed by atoms with Gasteiger partial charge in [0, 0.05) is 15.1 Å². The minimum atomic E-state index is -0.729. The van der Waals surface area contributed by atoms with E-state index in [1.807, 2.05) is 18.2 Å². The molecular weight excluding hydrogens is 493 g/mol. The Balaban J connectivity index is 1.43. The van der Waals surface area contributed by atoms with Crippen molar-refractivity contribution in [1.29, 1.82) is 0 Å². The van der Waals surface area contributed by atoms with Crippen molar-refractivity contribution in [3.63, 3.8) is 0 Å². The number of ether oxygens (including phenoxy) is 2. The summed E-state index contributed by atoms with van der Waals surface area (Å²) in [4.78, 5) is 25.1. The molecule has 32 heavy (non-hydrogen) atoms. The van der Waals surface area contributed by atoms with Crippen LogP contribution in [-0.4, -0.2) is 18.5 Å². The van der Waals surface area contributed by atoms with E-state index in [-0.39, 0.29) is 9.90 Å². The largest absolute Gasteiger partial charge is 0.455 e.